The summed E-state index contributed by atoms with van der Waals surface area (Å²) < 4.78 is 12.2. The fourth-order valence-electron chi connectivity index (χ4n) is 3.03. The molecule has 0 saturated heterocycles. The maximum Gasteiger partial charge on any atom is 0.258 e. The average Bonchev–Trinajstić information content (AvgIpc) is 3.03. The maximum absolute atomic E-state index is 12.1. The van der Waals surface area contributed by atoms with Gasteiger partial charge < -0.3 is 20.1 Å². The number of halogens is 1. The standard InChI is InChI=1S/C19H29BrN2O3/c1-19(2,3)22-17(23)12-25-18-14(11-21-13-7-5-6-8-13)15(20)9-10-16(18)24-4/h9-10,13,21H,5-8,11-12H2,1-4H3,(H,22,23). The number of rotatable bonds is 7. The predicted molar refractivity (Wildman–Crippen MR) is 103 cm³/mol. The second-order valence-electron chi connectivity index (χ2n) is 7.51. The first-order chi connectivity index (χ1) is 11.8. The summed E-state index contributed by atoms with van der Waals surface area (Å²) in [5, 5.41) is 6.50. The highest BCUT2D eigenvalue weighted by atomic mass is 79.9. The lowest BCUT2D eigenvalue weighted by molar-refractivity contribution is -0.124. The van der Waals surface area contributed by atoms with Gasteiger partial charge in [0.15, 0.2) is 18.1 Å². The van der Waals surface area contributed by atoms with Crippen molar-refractivity contribution in [3.63, 3.8) is 0 Å². The molecule has 25 heavy (non-hydrogen) atoms. The van der Waals surface area contributed by atoms with E-state index in [4.69, 9.17) is 9.47 Å². The summed E-state index contributed by atoms with van der Waals surface area (Å²) in [5.74, 6) is 1.10. The summed E-state index contributed by atoms with van der Waals surface area (Å²) >= 11 is 3.60. The summed E-state index contributed by atoms with van der Waals surface area (Å²) in [6.45, 7) is 6.48. The Kier molecular flexibility index (Phi) is 7.14. The lowest BCUT2D eigenvalue weighted by Crippen LogP contribution is -2.43. The Morgan fingerprint density at radius 2 is 1.96 bits per heavy atom. The summed E-state index contributed by atoms with van der Waals surface area (Å²) in [4.78, 5) is 12.1. The van der Waals surface area contributed by atoms with Crippen LogP contribution in [0.2, 0.25) is 0 Å². The minimum Gasteiger partial charge on any atom is -0.493 e. The molecule has 140 valence electrons. The van der Waals surface area contributed by atoms with Crippen LogP contribution in [0, 0.1) is 0 Å². The van der Waals surface area contributed by atoms with Gasteiger partial charge in [0, 0.05) is 28.2 Å². The van der Waals surface area contributed by atoms with Crippen molar-refractivity contribution in [3.8, 4) is 11.5 Å². The minimum absolute atomic E-state index is 0.0412. The van der Waals surface area contributed by atoms with E-state index in [9.17, 15) is 4.79 Å². The van der Waals surface area contributed by atoms with E-state index < -0.39 is 0 Å². The molecule has 1 saturated carbocycles. The van der Waals surface area contributed by atoms with Crippen molar-refractivity contribution in [2.24, 2.45) is 0 Å². The van der Waals surface area contributed by atoms with E-state index in [0.29, 0.717) is 24.1 Å². The van der Waals surface area contributed by atoms with Crippen molar-refractivity contribution in [1.82, 2.24) is 10.6 Å². The summed E-state index contributed by atoms with van der Waals surface area (Å²) in [5.41, 5.74) is 0.698. The molecule has 0 aromatic heterocycles. The van der Waals surface area contributed by atoms with Crippen LogP contribution in [0.3, 0.4) is 0 Å². The first-order valence-electron chi connectivity index (χ1n) is 8.82. The van der Waals surface area contributed by atoms with E-state index in [2.05, 4.69) is 26.6 Å². The van der Waals surface area contributed by atoms with Crippen LogP contribution in [0.1, 0.15) is 52.0 Å². The average molecular weight is 413 g/mol. The molecule has 2 rings (SSSR count). The molecule has 0 aliphatic heterocycles. The zero-order valence-electron chi connectivity index (χ0n) is 15.6. The van der Waals surface area contributed by atoms with Gasteiger partial charge in [-0.05, 0) is 45.7 Å². The van der Waals surface area contributed by atoms with E-state index in [1.807, 2.05) is 32.9 Å². The molecule has 5 nitrogen and oxygen atoms in total. The minimum atomic E-state index is -0.283. The van der Waals surface area contributed by atoms with Gasteiger partial charge >= 0.3 is 0 Å². The number of benzene rings is 1. The van der Waals surface area contributed by atoms with E-state index in [0.717, 1.165) is 10.0 Å². The normalized spacial score (nSPS) is 15.2. The highest BCUT2D eigenvalue weighted by molar-refractivity contribution is 9.10. The van der Waals surface area contributed by atoms with Crippen molar-refractivity contribution in [1.29, 1.82) is 0 Å². The smallest absolute Gasteiger partial charge is 0.258 e. The molecule has 1 aliphatic carbocycles. The quantitative estimate of drug-likeness (QED) is 0.714. The Morgan fingerprint density at radius 3 is 2.56 bits per heavy atom. The van der Waals surface area contributed by atoms with Crippen molar-refractivity contribution in [2.45, 2.75) is 64.6 Å². The molecule has 0 heterocycles. The van der Waals surface area contributed by atoms with Crippen LogP contribution in [0.25, 0.3) is 0 Å². The zero-order valence-corrected chi connectivity index (χ0v) is 17.2. The number of carbonyl (C=O) groups is 1. The lowest BCUT2D eigenvalue weighted by Gasteiger charge is -2.22. The fourth-order valence-corrected chi connectivity index (χ4v) is 3.49. The van der Waals surface area contributed by atoms with Crippen molar-refractivity contribution < 1.29 is 14.3 Å². The molecule has 1 fully saturated rings. The molecule has 0 unspecified atom stereocenters. The SMILES string of the molecule is COc1ccc(Br)c(CNC2CCCC2)c1OCC(=O)NC(C)(C)C. The number of methoxy groups -OCH3 is 1. The van der Waals surface area contributed by atoms with Gasteiger partial charge in [-0.1, -0.05) is 28.8 Å². The Bertz CT molecular complexity index is 593. The van der Waals surface area contributed by atoms with Gasteiger partial charge in [0.25, 0.3) is 5.91 Å². The third kappa shape index (κ3) is 6.19. The second kappa shape index (κ2) is 8.90. The van der Waals surface area contributed by atoms with Crippen molar-refractivity contribution >= 4 is 21.8 Å². The van der Waals surface area contributed by atoms with Gasteiger partial charge in [-0.15, -0.1) is 0 Å². The van der Waals surface area contributed by atoms with E-state index >= 15 is 0 Å². The van der Waals surface area contributed by atoms with Gasteiger partial charge in [-0.2, -0.15) is 0 Å². The zero-order chi connectivity index (χ0) is 18.4. The third-order valence-electron chi connectivity index (χ3n) is 4.17. The molecular formula is C19H29BrN2O3. The molecule has 6 heteroatoms. The van der Waals surface area contributed by atoms with Crippen LogP contribution in [0.4, 0.5) is 0 Å². The number of ether oxygens (including phenoxy) is 2. The molecule has 2 N–H and O–H groups in total. The fraction of sp³-hybridized carbons (Fsp3) is 0.632. The molecule has 0 bridgehead atoms. The highest BCUT2D eigenvalue weighted by Gasteiger charge is 2.20. The van der Waals surface area contributed by atoms with Crippen LogP contribution < -0.4 is 20.1 Å². The number of amides is 1. The topological polar surface area (TPSA) is 59.6 Å². The number of hydrogen-bond acceptors (Lipinski definition) is 4. The third-order valence-corrected chi connectivity index (χ3v) is 4.91. The van der Waals surface area contributed by atoms with Crippen LogP contribution >= 0.6 is 15.9 Å². The van der Waals surface area contributed by atoms with Crippen molar-refractivity contribution in [3.05, 3.63) is 22.2 Å². The second-order valence-corrected chi connectivity index (χ2v) is 8.36. The Hall–Kier alpha value is -1.27. The van der Waals surface area contributed by atoms with Crippen molar-refractivity contribution in [2.75, 3.05) is 13.7 Å². The summed E-state index contributed by atoms with van der Waals surface area (Å²) in [6.07, 6.45) is 5.00. The summed E-state index contributed by atoms with van der Waals surface area (Å²) in [6, 6.07) is 4.35. The molecule has 1 aliphatic rings. The molecule has 0 atom stereocenters. The van der Waals surface area contributed by atoms with Gasteiger partial charge in [-0.25, -0.2) is 0 Å². The lowest BCUT2D eigenvalue weighted by atomic mass is 10.1. The van der Waals surface area contributed by atoms with E-state index in [1.54, 1.807) is 7.11 Å². The molecule has 1 amide bonds. The number of hydrogen-bond donors (Lipinski definition) is 2. The Labute approximate surface area is 159 Å². The van der Waals surface area contributed by atoms with Gasteiger partial charge in [0.2, 0.25) is 0 Å². The largest absolute Gasteiger partial charge is 0.493 e. The first kappa shape index (κ1) is 20.0. The van der Waals surface area contributed by atoms with Crippen LogP contribution in [0.5, 0.6) is 11.5 Å². The first-order valence-corrected chi connectivity index (χ1v) is 9.62. The number of carbonyl (C=O) groups excluding carboxylic acids is 1. The van der Waals surface area contributed by atoms with Gasteiger partial charge in [-0.3, -0.25) is 4.79 Å². The molecular weight excluding hydrogens is 384 g/mol. The van der Waals surface area contributed by atoms with Crippen LogP contribution in [-0.4, -0.2) is 31.2 Å². The Morgan fingerprint density at radius 1 is 1.28 bits per heavy atom. The Balaban J connectivity index is 2.10. The van der Waals surface area contributed by atoms with Crippen LogP contribution in [-0.2, 0) is 11.3 Å². The van der Waals surface area contributed by atoms with E-state index in [-0.39, 0.29) is 18.1 Å². The number of nitrogens with one attached hydrogen (secondary N) is 2. The predicted octanol–water partition coefficient (Wildman–Crippen LogP) is 3.78. The van der Waals surface area contributed by atoms with Gasteiger partial charge in [0.05, 0.1) is 7.11 Å². The highest BCUT2D eigenvalue weighted by Crippen LogP contribution is 2.36. The molecule has 0 radical (unpaired) electrons. The monoisotopic (exact) mass is 412 g/mol. The molecule has 0 spiro atoms. The summed E-state index contributed by atoms with van der Waals surface area (Å²) in [7, 11) is 1.61. The van der Waals surface area contributed by atoms with Crippen LogP contribution in [0.15, 0.2) is 16.6 Å². The molecule has 1 aromatic carbocycles. The van der Waals surface area contributed by atoms with E-state index in [1.165, 1.54) is 25.7 Å². The molecule has 1 aromatic rings. The maximum atomic E-state index is 12.1. The van der Waals surface area contributed by atoms with Gasteiger partial charge in [0.1, 0.15) is 0 Å².